The molecule has 4 rings (SSSR count). The van der Waals surface area contributed by atoms with Gasteiger partial charge in [0.25, 0.3) is 0 Å². The predicted octanol–water partition coefficient (Wildman–Crippen LogP) is 1.73. The number of pyridine rings is 1. The number of nitrogens with zero attached hydrogens (tertiary/aromatic N) is 7. The fourth-order valence-corrected chi connectivity index (χ4v) is 3.51. The quantitative estimate of drug-likeness (QED) is 0.700. The van der Waals surface area contributed by atoms with Gasteiger partial charge in [-0.15, -0.1) is 10.2 Å². The topological polar surface area (TPSA) is 80.2 Å². The maximum atomic E-state index is 5.17. The monoisotopic (exact) mass is 355 g/mol. The van der Waals surface area contributed by atoms with Crippen LogP contribution in [0, 0.1) is 0 Å². The normalized spacial score (nSPS) is 14.6. The Balaban J connectivity index is 1.43. The number of piperazine rings is 1. The van der Waals surface area contributed by atoms with Gasteiger partial charge in [-0.2, -0.15) is 4.98 Å². The molecule has 4 heterocycles. The van der Waals surface area contributed by atoms with E-state index in [0.29, 0.717) is 11.8 Å². The zero-order valence-corrected chi connectivity index (χ0v) is 14.6. The lowest BCUT2D eigenvalue weighted by atomic mass is 10.3. The molecule has 0 N–H and O–H groups in total. The molecule has 0 atom stereocenters. The number of ether oxygens (including phenoxy) is 1. The number of methoxy groups -OCH3 is 1. The summed E-state index contributed by atoms with van der Waals surface area (Å²) in [5.41, 5.74) is 0.856. The van der Waals surface area contributed by atoms with Gasteiger partial charge in [-0.3, -0.25) is 4.98 Å². The molecule has 0 unspecified atom stereocenters. The molecule has 128 valence electrons. The number of rotatable bonds is 4. The van der Waals surface area contributed by atoms with Gasteiger partial charge in [0.05, 0.1) is 7.11 Å². The standard InChI is InChI=1S/C16H17N7OS/c1-24-13-5-7-18-15(19-13)22-8-10-23(11-9-22)16-21-20-14(25-16)12-4-2-3-6-17-12/h2-7H,8-11H2,1H3. The fourth-order valence-electron chi connectivity index (χ4n) is 2.63. The molecule has 3 aromatic rings. The van der Waals surface area contributed by atoms with E-state index < -0.39 is 0 Å². The highest BCUT2D eigenvalue weighted by Gasteiger charge is 2.22. The predicted molar refractivity (Wildman–Crippen MR) is 96.2 cm³/mol. The molecule has 0 spiro atoms. The van der Waals surface area contributed by atoms with Crippen molar-refractivity contribution in [2.24, 2.45) is 0 Å². The van der Waals surface area contributed by atoms with E-state index in [1.165, 1.54) is 0 Å². The van der Waals surface area contributed by atoms with Crippen LogP contribution < -0.4 is 14.5 Å². The summed E-state index contributed by atoms with van der Waals surface area (Å²) in [5.74, 6) is 1.28. The lowest BCUT2D eigenvalue weighted by molar-refractivity contribution is 0.396. The maximum absolute atomic E-state index is 5.17. The van der Waals surface area contributed by atoms with Gasteiger partial charge in [0.15, 0.2) is 5.01 Å². The molecule has 1 fully saturated rings. The SMILES string of the molecule is COc1ccnc(N2CCN(c3nnc(-c4ccccn4)s3)CC2)n1. The molecular weight excluding hydrogens is 338 g/mol. The van der Waals surface area contributed by atoms with Gasteiger partial charge in [0.2, 0.25) is 17.0 Å². The van der Waals surface area contributed by atoms with Crippen LogP contribution in [0.2, 0.25) is 0 Å². The van der Waals surface area contributed by atoms with Crippen molar-refractivity contribution in [1.82, 2.24) is 25.1 Å². The van der Waals surface area contributed by atoms with E-state index in [0.717, 1.165) is 42.0 Å². The van der Waals surface area contributed by atoms with Gasteiger partial charge in [0, 0.05) is 44.6 Å². The van der Waals surface area contributed by atoms with Crippen molar-refractivity contribution < 1.29 is 4.74 Å². The minimum absolute atomic E-state index is 0.580. The molecule has 1 saturated heterocycles. The highest BCUT2D eigenvalue weighted by Crippen LogP contribution is 2.28. The van der Waals surface area contributed by atoms with E-state index in [1.807, 2.05) is 18.2 Å². The van der Waals surface area contributed by atoms with E-state index in [1.54, 1.807) is 36.9 Å². The second-order valence-electron chi connectivity index (χ2n) is 5.48. The third-order valence-corrected chi connectivity index (χ3v) is 4.96. The van der Waals surface area contributed by atoms with Crippen LogP contribution in [0.4, 0.5) is 11.1 Å². The molecule has 1 aliphatic rings. The number of anilines is 2. The summed E-state index contributed by atoms with van der Waals surface area (Å²) in [6.45, 7) is 3.34. The third kappa shape index (κ3) is 3.36. The second-order valence-corrected chi connectivity index (χ2v) is 6.43. The summed E-state index contributed by atoms with van der Waals surface area (Å²) >= 11 is 1.57. The lowest BCUT2D eigenvalue weighted by Crippen LogP contribution is -2.47. The summed E-state index contributed by atoms with van der Waals surface area (Å²) in [4.78, 5) is 17.4. The minimum Gasteiger partial charge on any atom is -0.481 e. The first-order chi connectivity index (χ1) is 12.3. The number of aromatic nitrogens is 5. The molecule has 0 saturated carbocycles. The first-order valence-electron chi connectivity index (χ1n) is 7.95. The van der Waals surface area contributed by atoms with Crippen LogP contribution in [0.25, 0.3) is 10.7 Å². The van der Waals surface area contributed by atoms with Crippen molar-refractivity contribution in [2.45, 2.75) is 0 Å². The Hall–Kier alpha value is -2.81. The molecule has 0 amide bonds. The summed E-state index contributed by atoms with van der Waals surface area (Å²) in [7, 11) is 1.61. The van der Waals surface area contributed by atoms with Crippen molar-refractivity contribution in [3.05, 3.63) is 36.7 Å². The zero-order valence-electron chi connectivity index (χ0n) is 13.7. The molecule has 0 aromatic carbocycles. The maximum Gasteiger partial charge on any atom is 0.228 e. The van der Waals surface area contributed by atoms with Crippen molar-refractivity contribution in [1.29, 1.82) is 0 Å². The molecular formula is C16H17N7OS. The third-order valence-electron chi connectivity index (χ3n) is 3.96. The summed E-state index contributed by atoms with van der Waals surface area (Å²) < 4.78 is 5.17. The first kappa shape index (κ1) is 15.7. The first-order valence-corrected chi connectivity index (χ1v) is 8.77. The second kappa shape index (κ2) is 6.98. The van der Waals surface area contributed by atoms with Crippen molar-refractivity contribution in [2.75, 3.05) is 43.1 Å². The largest absolute Gasteiger partial charge is 0.481 e. The molecule has 0 bridgehead atoms. The van der Waals surface area contributed by atoms with Gasteiger partial charge < -0.3 is 14.5 Å². The van der Waals surface area contributed by atoms with E-state index in [2.05, 4.69) is 34.9 Å². The van der Waals surface area contributed by atoms with Gasteiger partial charge in [-0.25, -0.2) is 4.98 Å². The Kier molecular flexibility index (Phi) is 4.38. The lowest BCUT2D eigenvalue weighted by Gasteiger charge is -2.34. The Bertz CT molecular complexity index is 833. The minimum atomic E-state index is 0.580. The van der Waals surface area contributed by atoms with E-state index in [-0.39, 0.29) is 0 Å². The van der Waals surface area contributed by atoms with Crippen LogP contribution in [0.3, 0.4) is 0 Å². The Morgan fingerprint density at radius 1 is 0.960 bits per heavy atom. The zero-order chi connectivity index (χ0) is 17.1. The Labute approximate surface area is 149 Å². The number of hydrogen-bond acceptors (Lipinski definition) is 9. The molecule has 3 aromatic heterocycles. The van der Waals surface area contributed by atoms with Crippen molar-refractivity contribution in [3.63, 3.8) is 0 Å². The van der Waals surface area contributed by atoms with Gasteiger partial charge in [-0.05, 0) is 12.1 Å². The highest BCUT2D eigenvalue weighted by atomic mass is 32.1. The van der Waals surface area contributed by atoms with E-state index >= 15 is 0 Å². The van der Waals surface area contributed by atoms with E-state index in [4.69, 9.17) is 4.74 Å². The Morgan fingerprint density at radius 3 is 2.56 bits per heavy atom. The van der Waals surface area contributed by atoms with Crippen molar-refractivity contribution in [3.8, 4) is 16.6 Å². The molecule has 1 aliphatic heterocycles. The molecule has 9 heteroatoms. The van der Waals surface area contributed by atoms with Crippen LogP contribution in [-0.2, 0) is 0 Å². The van der Waals surface area contributed by atoms with E-state index in [9.17, 15) is 0 Å². The molecule has 0 radical (unpaired) electrons. The van der Waals surface area contributed by atoms with Crippen LogP contribution in [0.1, 0.15) is 0 Å². The molecule has 25 heavy (non-hydrogen) atoms. The van der Waals surface area contributed by atoms with Gasteiger partial charge in [0.1, 0.15) is 5.69 Å². The summed E-state index contributed by atoms with van der Waals surface area (Å²) in [5, 5.41) is 10.4. The van der Waals surface area contributed by atoms with Crippen molar-refractivity contribution >= 4 is 22.4 Å². The average molecular weight is 355 g/mol. The van der Waals surface area contributed by atoms with Gasteiger partial charge in [-0.1, -0.05) is 17.4 Å². The number of hydrogen-bond donors (Lipinski definition) is 0. The average Bonchev–Trinajstić information content (AvgIpc) is 3.19. The highest BCUT2D eigenvalue weighted by molar-refractivity contribution is 7.18. The smallest absolute Gasteiger partial charge is 0.228 e. The van der Waals surface area contributed by atoms with Crippen LogP contribution in [0.15, 0.2) is 36.7 Å². The van der Waals surface area contributed by atoms with Crippen LogP contribution >= 0.6 is 11.3 Å². The van der Waals surface area contributed by atoms with Crippen LogP contribution in [0.5, 0.6) is 5.88 Å². The summed E-state index contributed by atoms with van der Waals surface area (Å²) in [6, 6.07) is 7.55. The molecule has 8 nitrogen and oxygen atoms in total. The van der Waals surface area contributed by atoms with Crippen LogP contribution in [-0.4, -0.2) is 58.4 Å². The molecule has 0 aliphatic carbocycles. The summed E-state index contributed by atoms with van der Waals surface area (Å²) in [6.07, 6.45) is 3.49. The van der Waals surface area contributed by atoms with Gasteiger partial charge >= 0.3 is 0 Å². The fraction of sp³-hybridized carbons (Fsp3) is 0.312. The Morgan fingerprint density at radius 2 is 1.80 bits per heavy atom.